The van der Waals surface area contributed by atoms with Crippen LogP contribution in [0.1, 0.15) is 18.1 Å². The van der Waals surface area contributed by atoms with Gasteiger partial charge in [-0.2, -0.15) is 13.2 Å². The van der Waals surface area contributed by atoms with Crippen molar-refractivity contribution in [1.29, 1.82) is 0 Å². The van der Waals surface area contributed by atoms with Gasteiger partial charge in [0.1, 0.15) is 5.75 Å². The highest BCUT2D eigenvalue weighted by molar-refractivity contribution is 5.74. The van der Waals surface area contributed by atoms with Gasteiger partial charge in [-0.1, -0.05) is 6.07 Å². The second kappa shape index (κ2) is 6.23. The Morgan fingerprint density at radius 3 is 2.24 bits per heavy atom. The van der Waals surface area contributed by atoms with Crippen molar-refractivity contribution >= 4 is 5.97 Å². The zero-order valence-corrected chi connectivity index (χ0v) is 10.6. The standard InChI is InChI=1S/C12H10F6O3/c1-2-20-10(19)6-7-8(11(13,14)15)4-3-5-9(7)21-12(16,17)18/h3-5H,2,6H2,1H3. The number of hydrogen-bond acceptors (Lipinski definition) is 3. The van der Waals surface area contributed by atoms with Gasteiger partial charge in [0.25, 0.3) is 0 Å². The van der Waals surface area contributed by atoms with Crippen LogP contribution in [0.4, 0.5) is 26.3 Å². The Kier molecular flexibility index (Phi) is 5.08. The fourth-order valence-corrected chi connectivity index (χ4v) is 1.59. The zero-order chi connectivity index (χ0) is 16.3. The van der Waals surface area contributed by atoms with E-state index in [1.807, 2.05) is 0 Å². The molecule has 1 aromatic rings. The van der Waals surface area contributed by atoms with Gasteiger partial charge in [-0.3, -0.25) is 4.79 Å². The average Bonchev–Trinajstić information content (AvgIpc) is 2.28. The highest BCUT2D eigenvalue weighted by atomic mass is 19.4. The molecule has 0 heterocycles. The van der Waals surface area contributed by atoms with E-state index in [9.17, 15) is 31.1 Å². The van der Waals surface area contributed by atoms with E-state index in [-0.39, 0.29) is 6.61 Å². The van der Waals surface area contributed by atoms with Crippen LogP contribution in [0, 0.1) is 0 Å². The van der Waals surface area contributed by atoms with Crippen molar-refractivity contribution in [2.24, 2.45) is 0 Å². The number of halogens is 6. The topological polar surface area (TPSA) is 35.5 Å². The van der Waals surface area contributed by atoms with Gasteiger partial charge < -0.3 is 9.47 Å². The number of benzene rings is 1. The Labute approximate surface area is 115 Å². The van der Waals surface area contributed by atoms with Gasteiger partial charge in [-0.15, -0.1) is 13.2 Å². The minimum absolute atomic E-state index is 0.109. The molecule has 0 aliphatic rings. The second-order valence-electron chi connectivity index (χ2n) is 3.81. The summed E-state index contributed by atoms with van der Waals surface area (Å²) >= 11 is 0. The molecule has 1 rings (SSSR count). The quantitative estimate of drug-likeness (QED) is 0.627. The fourth-order valence-electron chi connectivity index (χ4n) is 1.59. The summed E-state index contributed by atoms with van der Waals surface area (Å²) in [6.45, 7) is 1.31. The number of alkyl halides is 6. The van der Waals surface area contributed by atoms with Crippen LogP contribution < -0.4 is 4.74 Å². The Balaban J connectivity index is 3.27. The van der Waals surface area contributed by atoms with Gasteiger partial charge >= 0.3 is 18.5 Å². The molecule has 0 saturated heterocycles. The van der Waals surface area contributed by atoms with Gasteiger partial charge in [0, 0.05) is 5.56 Å². The van der Waals surface area contributed by atoms with Gasteiger partial charge in [-0.25, -0.2) is 0 Å². The second-order valence-corrected chi connectivity index (χ2v) is 3.81. The van der Waals surface area contributed by atoms with Crippen molar-refractivity contribution in [3.8, 4) is 5.75 Å². The average molecular weight is 316 g/mol. The third kappa shape index (κ3) is 5.16. The molecular formula is C12H10F6O3. The summed E-state index contributed by atoms with van der Waals surface area (Å²) < 4.78 is 83.1. The number of ether oxygens (including phenoxy) is 2. The lowest BCUT2D eigenvalue weighted by atomic mass is 10.0. The predicted octanol–water partition coefficient (Wildman–Crippen LogP) is 3.71. The number of esters is 1. The molecule has 0 aromatic heterocycles. The molecule has 0 fully saturated rings. The van der Waals surface area contributed by atoms with Crippen molar-refractivity contribution in [2.45, 2.75) is 25.9 Å². The zero-order valence-electron chi connectivity index (χ0n) is 10.6. The maximum absolute atomic E-state index is 12.8. The monoisotopic (exact) mass is 316 g/mol. The van der Waals surface area contributed by atoms with Gasteiger partial charge in [0.15, 0.2) is 0 Å². The van der Waals surface area contributed by atoms with Gasteiger partial charge in [-0.05, 0) is 19.1 Å². The van der Waals surface area contributed by atoms with E-state index in [0.717, 1.165) is 6.07 Å². The first kappa shape index (κ1) is 17.1. The molecule has 0 bridgehead atoms. The first-order chi connectivity index (χ1) is 9.54. The van der Waals surface area contributed by atoms with Crippen molar-refractivity contribution in [1.82, 2.24) is 0 Å². The summed E-state index contributed by atoms with van der Waals surface area (Å²) in [4.78, 5) is 11.3. The summed E-state index contributed by atoms with van der Waals surface area (Å²) in [7, 11) is 0. The first-order valence-electron chi connectivity index (χ1n) is 5.65. The van der Waals surface area contributed by atoms with E-state index >= 15 is 0 Å². The predicted molar refractivity (Wildman–Crippen MR) is 58.5 cm³/mol. The van der Waals surface area contributed by atoms with Crippen LogP contribution in [0.3, 0.4) is 0 Å². The molecule has 21 heavy (non-hydrogen) atoms. The van der Waals surface area contributed by atoms with E-state index in [4.69, 9.17) is 0 Å². The molecule has 0 saturated carbocycles. The molecule has 1 aromatic carbocycles. The van der Waals surface area contributed by atoms with Crippen LogP contribution >= 0.6 is 0 Å². The van der Waals surface area contributed by atoms with Crippen molar-refractivity contribution in [3.05, 3.63) is 29.3 Å². The van der Waals surface area contributed by atoms with Crippen LogP contribution in [0.5, 0.6) is 5.75 Å². The number of hydrogen-bond donors (Lipinski definition) is 0. The Morgan fingerprint density at radius 1 is 1.14 bits per heavy atom. The van der Waals surface area contributed by atoms with Crippen LogP contribution in [-0.4, -0.2) is 18.9 Å². The summed E-state index contributed by atoms with van der Waals surface area (Å²) in [5.74, 6) is -2.16. The molecule has 118 valence electrons. The van der Waals surface area contributed by atoms with Crippen molar-refractivity contribution in [3.63, 3.8) is 0 Å². The highest BCUT2D eigenvalue weighted by Crippen LogP contribution is 2.38. The lowest BCUT2D eigenvalue weighted by Crippen LogP contribution is -2.21. The molecule has 0 aliphatic heterocycles. The minimum atomic E-state index is -5.17. The molecule has 0 unspecified atom stereocenters. The molecule has 9 heteroatoms. The Hall–Kier alpha value is -1.93. The van der Waals surface area contributed by atoms with Crippen molar-refractivity contribution in [2.75, 3.05) is 6.61 Å². The highest BCUT2D eigenvalue weighted by Gasteiger charge is 2.38. The van der Waals surface area contributed by atoms with E-state index in [0.29, 0.717) is 12.1 Å². The SMILES string of the molecule is CCOC(=O)Cc1c(OC(F)(F)F)cccc1C(F)(F)F. The van der Waals surface area contributed by atoms with Crippen LogP contribution in [0.15, 0.2) is 18.2 Å². The molecule has 0 spiro atoms. The van der Waals surface area contributed by atoms with E-state index < -0.39 is 41.8 Å². The summed E-state index contributed by atoms with van der Waals surface area (Å²) in [5.41, 5.74) is -2.29. The number of rotatable bonds is 4. The van der Waals surface area contributed by atoms with Crippen molar-refractivity contribution < 1.29 is 40.6 Å². The third-order valence-electron chi connectivity index (χ3n) is 2.29. The summed E-state index contributed by atoms with van der Waals surface area (Å²) in [6, 6.07) is 2.04. The summed E-state index contributed by atoms with van der Waals surface area (Å²) in [5, 5.41) is 0. The molecular weight excluding hydrogens is 306 g/mol. The van der Waals surface area contributed by atoms with E-state index in [1.165, 1.54) is 6.92 Å². The smallest absolute Gasteiger partial charge is 0.466 e. The van der Waals surface area contributed by atoms with E-state index in [1.54, 1.807) is 0 Å². The normalized spacial score (nSPS) is 12.1. The lowest BCUT2D eigenvalue weighted by molar-refractivity contribution is -0.275. The third-order valence-corrected chi connectivity index (χ3v) is 2.29. The first-order valence-corrected chi connectivity index (χ1v) is 5.65. The lowest BCUT2D eigenvalue weighted by Gasteiger charge is -2.17. The van der Waals surface area contributed by atoms with E-state index in [2.05, 4.69) is 9.47 Å². The molecule has 0 atom stereocenters. The maximum atomic E-state index is 12.8. The van der Waals surface area contributed by atoms with Crippen LogP contribution in [0.2, 0.25) is 0 Å². The largest absolute Gasteiger partial charge is 0.573 e. The number of carbonyl (C=O) groups excluding carboxylic acids is 1. The van der Waals surface area contributed by atoms with Gasteiger partial charge in [0.2, 0.25) is 0 Å². The van der Waals surface area contributed by atoms with Crippen LogP contribution in [0.25, 0.3) is 0 Å². The Bertz CT molecular complexity index is 507. The molecule has 3 nitrogen and oxygen atoms in total. The maximum Gasteiger partial charge on any atom is 0.573 e. The van der Waals surface area contributed by atoms with Gasteiger partial charge in [0.05, 0.1) is 18.6 Å². The fraction of sp³-hybridized carbons (Fsp3) is 0.417. The molecule has 0 N–H and O–H groups in total. The molecule has 0 aliphatic carbocycles. The molecule has 0 radical (unpaired) electrons. The Morgan fingerprint density at radius 2 is 1.76 bits per heavy atom. The summed E-state index contributed by atoms with van der Waals surface area (Å²) in [6.07, 6.45) is -11.1. The minimum Gasteiger partial charge on any atom is -0.466 e. The van der Waals surface area contributed by atoms with Crippen LogP contribution in [-0.2, 0) is 22.1 Å². The molecule has 0 amide bonds. The number of carbonyl (C=O) groups is 1.